The minimum atomic E-state index is 0.750. The fourth-order valence-corrected chi connectivity index (χ4v) is 1.91. The van der Waals surface area contributed by atoms with Crippen molar-refractivity contribution in [2.24, 2.45) is 5.92 Å². The Morgan fingerprint density at radius 2 is 2.05 bits per heavy atom. The summed E-state index contributed by atoms with van der Waals surface area (Å²) in [6.07, 6.45) is 6.67. The molecule has 0 N–H and O–H groups in total. The number of benzene rings is 1. The molecule has 1 unspecified atom stereocenters. The molecule has 2 heteroatoms. The lowest BCUT2D eigenvalue weighted by atomic mass is 10.0. The molecule has 0 spiro atoms. The third kappa shape index (κ3) is 5.37. The summed E-state index contributed by atoms with van der Waals surface area (Å²) < 4.78 is 11.1. The van der Waals surface area contributed by atoms with E-state index >= 15 is 0 Å². The summed E-state index contributed by atoms with van der Waals surface area (Å²) in [7, 11) is 1.66. The smallest absolute Gasteiger partial charge is 0.161 e. The Kier molecular flexibility index (Phi) is 7.09. The van der Waals surface area contributed by atoms with Crippen LogP contribution in [0.25, 0.3) is 6.08 Å². The fraction of sp³-hybridized carbons (Fsp3) is 0.529. The van der Waals surface area contributed by atoms with Crippen molar-refractivity contribution >= 4 is 6.08 Å². The van der Waals surface area contributed by atoms with Crippen molar-refractivity contribution in [2.75, 3.05) is 13.7 Å². The van der Waals surface area contributed by atoms with Gasteiger partial charge in [-0.2, -0.15) is 0 Å². The summed E-state index contributed by atoms with van der Waals surface area (Å²) in [5.74, 6) is 2.41. The fourth-order valence-electron chi connectivity index (χ4n) is 1.91. The van der Waals surface area contributed by atoms with Crippen LogP contribution in [0.4, 0.5) is 0 Å². The number of rotatable bonds is 9. The predicted octanol–water partition coefficient (Wildman–Crippen LogP) is 4.93. The van der Waals surface area contributed by atoms with E-state index in [0.717, 1.165) is 36.0 Å². The van der Waals surface area contributed by atoms with Gasteiger partial charge in [0.2, 0.25) is 0 Å². The van der Waals surface area contributed by atoms with Crippen molar-refractivity contribution < 1.29 is 9.47 Å². The summed E-state index contributed by atoms with van der Waals surface area (Å²) in [5, 5.41) is 0. The minimum absolute atomic E-state index is 0.750. The second-order valence-electron chi connectivity index (χ2n) is 4.97. The first-order chi connectivity index (χ1) is 9.21. The van der Waals surface area contributed by atoms with Crippen molar-refractivity contribution in [1.29, 1.82) is 0 Å². The van der Waals surface area contributed by atoms with E-state index in [1.165, 1.54) is 19.3 Å². The van der Waals surface area contributed by atoms with Crippen LogP contribution in [0.15, 0.2) is 24.8 Å². The maximum Gasteiger partial charge on any atom is 0.161 e. The molecule has 0 saturated heterocycles. The van der Waals surface area contributed by atoms with E-state index in [1.807, 2.05) is 18.2 Å². The molecule has 1 rings (SSSR count). The third-order valence-corrected chi connectivity index (χ3v) is 3.47. The van der Waals surface area contributed by atoms with Gasteiger partial charge >= 0.3 is 0 Å². The molecule has 0 radical (unpaired) electrons. The van der Waals surface area contributed by atoms with Crippen LogP contribution in [0.1, 0.15) is 45.1 Å². The van der Waals surface area contributed by atoms with Crippen LogP contribution >= 0.6 is 0 Å². The Balaban J connectivity index is 2.38. The van der Waals surface area contributed by atoms with Crippen molar-refractivity contribution in [1.82, 2.24) is 0 Å². The Hall–Kier alpha value is -1.44. The highest BCUT2D eigenvalue weighted by Crippen LogP contribution is 2.28. The maximum absolute atomic E-state index is 5.78. The summed E-state index contributed by atoms with van der Waals surface area (Å²) in [4.78, 5) is 0. The second kappa shape index (κ2) is 8.63. The van der Waals surface area contributed by atoms with Gasteiger partial charge in [0.05, 0.1) is 13.7 Å². The lowest BCUT2D eigenvalue weighted by Gasteiger charge is -2.12. The lowest BCUT2D eigenvalue weighted by molar-refractivity contribution is 0.281. The molecule has 0 bridgehead atoms. The van der Waals surface area contributed by atoms with Gasteiger partial charge in [-0.05, 0) is 36.5 Å². The van der Waals surface area contributed by atoms with E-state index in [4.69, 9.17) is 9.47 Å². The lowest BCUT2D eigenvalue weighted by Crippen LogP contribution is -2.01. The van der Waals surface area contributed by atoms with Crippen molar-refractivity contribution in [3.8, 4) is 11.5 Å². The van der Waals surface area contributed by atoms with E-state index in [0.29, 0.717) is 0 Å². The van der Waals surface area contributed by atoms with Gasteiger partial charge in [-0.25, -0.2) is 0 Å². The summed E-state index contributed by atoms with van der Waals surface area (Å²) in [5.41, 5.74) is 1.04. The van der Waals surface area contributed by atoms with Gasteiger partial charge in [0.1, 0.15) is 0 Å². The van der Waals surface area contributed by atoms with Crippen molar-refractivity contribution in [3.05, 3.63) is 30.3 Å². The van der Waals surface area contributed by atoms with Gasteiger partial charge in [-0.15, -0.1) is 0 Å². The summed E-state index contributed by atoms with van der Waals surface area (Å²) in [6.45, 7) is 9.05. The molecule has 1 atom stereocenters. The molecule has 0 aliphatic carbocycles. The van der Waals surface area contributed by atoms with Crippen LogP contribution in [0.5, 0.6) is 11.5 Å². The second-order valence-corrected chi connectivity index (χ2v) is 4.97. The van der Waals surface area contributed by atoms with E-state index in [9.17, 15) is 0 Å². The molecule has 0 aromatic heterocycles. The number of hydrogen-bond acceptors (Lipinski definition) is 2. The number of unbranched alkanes of at least 4 members (excludes halogenated alkanes) is 1. The molecule has 1 aromatic rings. The predicted molar refractivity (Wildman–Crippen MR) is 81.9 cm³/mol. The first-order valence-corrected chi connectivity index (χ1v) is 7.14. The summed E-state index contributed by atoms with van der Waals surface area (Å²) >= 11 is 0. The molecule has 0 saturated carbocycles. The number of hydrogen-bond donors (Lipinski definition) is 0. The normalized spacial score (nSPS) is 11.9. The third-order valence-electron chi connectivity index (χ3n) is 3.47. The highest BCUT2D eigenvalue weighted by molar-refractivity contribution is 5.54. The topological polar surface area (TPSA) is 18.5 Å². The molecular formula is C17H26O2. The molecule has 1 aromatic carbocycles. The van der Waals surface area contributed by atoms with Crippen LogP contribution < -0.4 is 9.47 Å². The monoisotopic (exact) mass is 262 g/mol. The van der Waals surface area contributed by atoms with Gasteiger partial charge in [-0.1, -0.05) is 45.4 Å². The minimum Gasteiger partial charge on any atom is -0.493 e. The highest BCUT2D eigenvalue weighted by atomic mass is 16.5. The SMILES string of the molecule is C=Cc1ccc(OCCCCC(C)CC)c(OC)c1. The zero-order chi connectivity index (χ0) is 14.1. The average molecular weight is 262 g/mol. The van der Waals surface area contributed by atoms with E-state index < -0.39 is 0 Å². The van der Waals surface area contributed by atoms with Gasteiger partial charge in [-0.3, -0.25) is 0 Å². The Morgan fingerprint density at radius 1 is 1.26 bits per heavy atom. The first kappa shape index (κ1) is 15.6. The standard InChI is InChI=1S/C17H26O2/c1-5-14(3)9-7-8-12-19-16-11-10-15(6-2)13-17(16)18-4/h6,10-11,13-14H,2,5,7-9,12H2,1,3-4H3. The first-order valence-electron chi connectivity index (χ1n) is 7.14. The summed E-state index contributed by atoms with van der Waals surface area (Å²) in [6, 6.07) is 5.88. The van der Waals surface area contributed by atoms with Crippen LogP contribution in [0, 0.1) is 5.92 Å². The van der Waals surface area contributed by atoms with E-state index in [2.05, 4.69) is 20.4 Å². The molecule has 0 heterocycles. The molecule has 19 heavy (non-hydrogen) atoms. The molecular weight excluding hydrogens is 236 g/mol. The molecule has 0 fully saturated rings. The zero-order valence-electron chi connectivity index (χ0n) is 12.4. The largest absolute Gasteiger partial charge is 0.493 e. The number of methoxy groups -OCH3 is 1. The molecule has 0 aliphatic heterocycles. The molecule has 2 nitrogen and oxygen atoms in total. The Labute approximate surface area is 117 Å². The number of ether oxygens (including phenoxy) is 2. The highest BCUT2D eigenvalue weighted by Gasteiger charge is 2.05. The molecule has 106 valence electrons. The van der Waals surface area contributed by atoms with Gasteiger partial charge in [0.15, 0.2) is 11.5 Å². The van der Waals surface area contributed by atoms with Crippen LogP contribution in [-0.2, 0) is 0 Å². The maximum atomic E-state index is 5.78. The Morgan fingerprint density at radius 3 is 2.68 bits per heavy atom. The van der Waals surface area contributed by atoms with Crippen LogP contribution in [-0.4, -0.2) is 13.7 Å². The molecule has 0 amide bonds. The van der Waals surface area contributed by atoms with Crippen molar-refractivity contribution in [3.63, 3.8) is 0 Å². The van der Waals surface area contributed by atoms with Gasteiger partial charge < -0.3 is 9.47 Å². The van der Waals surface area contributed by atoms with Crippen LogP contribution in [0.3, 0.4) is 0 Å². The van der Waals surface area contributed by atoms with E-state index in [-0.39, 0.29) is 0 Å². The van der Waals surface area contributed by atoms with Crippen molar-refractivity contribution in [2.45, 2.75) is 39.5 Å². The molecule has 0 aliphatic rings. The van der Waals surface area contributed by atoms with E-state index in [1.54, 1.807) is 13.2 Å². The average Bonchev–Trinajstić information content (AvgIpc) is 2.46. The Bertz CT molecular complexity index is 385. The zero-order valence-corrected chi connectivity index (χ0v) is 12.4. The quantitative estimate of drug-likeness (QED) is 0.587. The van der Waals surface area contributed by atoms with Crippen LogP contribution in [0.2, 0.25) is 0 Å². The van der Waals surface area contributed by atoms with Gasteiger partial charge in [0, 0.05) is 0 Å². The van der Waals surface area contributed by atoms with Gasteiger partial charge in [0.25, 0.3) is 0 Å².